The third-order valence-electron chi connectivity index (χ3n) is 3.66. The number of rotatable bonds is 4. The van der Waals surface area contributed by atoms with Gasteiger partial charge in [0.2, 0.25) is 5.95 Å². The molecule has 4 N–H and O–H groups in total. The van der Waals surface area contributed by atoms with Crippen LogP contribution in [0.1, 0.15) is 11.1 Å². The molecule has 0 aliphatic heterocycles. The van der Waals surface area contributed by atoms with Crippen molar-refractivity contribution in [1.82, 2.24) is 9.97 Å². The van der Waals surface area contributed by atoms with E-state index < -0.39 is 17.5 Å². The molecular formula is C18H12F3N5O. The van der Waals surface area contributed by atoms with Crippen LogP contribution >= 0.6 is 0 Å². The molecule has 0 saturated heterocycles. The molecule has 0 bridgehead atoms. The molecule has 0 radical (unpaired) electrons. The van der Waals surface area contributed by atoms with Gasteiger partial charge in [0.15, 0.2) is 0 Å². The molecule has 3 aromatic rings. The maximum Gasteiger partial charge on any atom is 0.222 e. The smallest absolute Gasteiger partial charge is 0.222 e. The number of nitrogens with zero attached hydrogens (tertiary/aromatic N) is 3. The van der Waals surface area contributed by atoms with E-state index in [9.17, 15) is 18.4 Å². The number of ether oxygens (including phenoxy) is 1. The number of hydrogen-bond acceptors (Lipinski definition) is 6. The van der Waals surface area contributed by atoms with Crippen molar-refractivity contribution in [2.75, 3.05) is 11.5 Å². The van der Waals surface area contributed by atoms with Crippen LogP contribution in [-0.4, -0.2) is 9.97 Å². The Balaban J connectivity index is 2.03. The molecule has 0 fully saturated rings. The third kappa shape index (κ3) is 3.74. The van der Waals surface area contributed by atoms with Crippen molar-refractivity contribution in [2.45, 2.75) is 6.61 Å². The summed E-state index contributed by atoms with van der Waals surface area (Å²) in [6, 6.07) is 8.38. The predicted octanol–water partition coefficient (Wildman–Crippen LogP) is 3.18. The topological polar surface area (TPSA) is 111 Å². The molecular weight excluding hydrogens is 359 g/mol. The van der Waals surface area contributed by atoms with Gasteiger partial charge in [-0.3, -0.25) is 0 Å². The van der Waals surface area contributed by atoms with Crippen LogP contribution in [0.2, 0.25) is 0 Å². The van der Waals surface area contributed by atoms with Gasteiger partial charge in [-0.1, -0.05) is 0 Å². The van der Waals surface area contributed by atoms with Gasteiger partial charge >= 0.3 is 0 Å². The Hall–Kier alpha value is -3.80. The van der Waals surface area contributed by atoms with Crippen LogP contribution in [0, 0.1) is 28.8 Å². The van der Waals surface area contributed by atoms with Crippen LogP contribution in [-0.2, 0) is 6.61 Å². The Bertz CT molecular complexity index is 1070. The third-order valence-corrected chi connectivity index (χ3v) is 3.66. The largest absolute Gasteiger partial charge is 0.488 e. The van der Waals surface area contributed by atoms with Crippen molar-refractivity contribution in [3.63, 3.8) is 0 Å². The molecule has 0 amide bonds. The lowest BCUT2D eigenvalue weighted by molar-refractivity contribution is 0.299. The summed E-state index contributed by atoms with van der Waals surface area (Å²) in [5, 5.41) is 9.32. The summed E-state index contributed by atoms with van der Waals surface area (Å²) in [6.07, 6.45) is 0. The zero-order valence-corrected chi connectivity index (χ0v) is 13.7. The van der Waals surface area contributed by atoms with Gasteiger partial charge in [-0.15, -0.1) is 0 Å². The monoisotopic (exact) mass is 371 g/mol. The number of hydrogen-bond donors (Lipinski definition) is 2. The summed E-state index contributed by atoms with van der Waals surface area (Å²) in [4.78, 5) is 7.70. The Morgan fingerprint density at radius 1 is 1.00 bits per heavy atom. The van der Waals surface area contributed by atoms with Crippen LogP contribution < -0.4 is 16.2 Å². The lowest BCUT2D eigenvalue weighted by atomic mass is 10.1. The number of halogens is 3. The maximum absolute atomic E-state index is 13.8. The number of aromatic nitrogens is 2. The van der Waals surface area contributed by atoms with E-state index in [-0.39, 0.29) is 46.5 Å². The highest BCUT2D eigenvalue weighted by Gasteiger charge is 2.18. The molecule has 3 rings (SSSR count). The summed E-state index contributed by atoms with van der Waals surface area (Å²) >= 11 is 0. The average molecular weight is 371 g/mol. The molecule has 0 saturated carbocycles. The first-order valence-corrected chi connectivity index (χ1v) is 7.58. The fourth-order valence-corrected chi connectivity index (χ4v) is 2.41. The molecule has 0 unspecified atom stereocenters. The van der Waals surface area contributed by atoms with Crippen molar-refractivity contribution < 1.29 is 17.9 Å². The highest BCUT2D eigenvalue weighted by atomic mass is 19.1. The van der Waals surface area contributed by atoms with E-state index in [1.807, 2.05) is 6.07 Å². The number of nitrogens with two attached hydrogens (primary N) is 2. The minimum absolute atomic E-state index is 0.0206. The second kappa shape index (κ2) is 7.21. The molecule has 1 heterocycles. The molecule has 0 aliphatic rings. The van der Waals surface area contributed by atoms with E-state index >= 15 is 0 Å². The van der Waals surface area contributed by atoms with Crippen molar-refractivity contribution in [2.24, 2.45) is 0 Å². The summed E-state index contributed by atoms with van der Waals surface area (Å²) in [6.45, 7) is -0.305. The molecule has 0 atom stereocenters. The number of benzene rings is 2. The molecule has 2 aromatic carbocycles. The second-order valence-electron chi connectivity index (χ2n) is 5.47. The summed E-state index contributed by atoms with van der Waals surface area (Å²) in [7, 11) is 0. The Labute approximate surface area is 151 Å². The molecule has 0 aliphatic carbocycles. The van der Waals surface area contributed by atoms with Gasteiger partial charge in [-0.25, -0.2) is 18.2 Å². The molecule has 0 spiro atoms. The standard InChI is InChI=1S/C18H12F3N5O/c19-10-2-1-9(14(21)5-10)8-27-15-6-11(20)3-4-12(15)16-13(7-22)17(23)26-18(24)25-16/h1-6H,8H2,(H4,23,24,25,26). The van der Waals surface area contributed by atoms with E-state index in [0.717, 1.165) is 18.2 Å². The van der Waals surface area contributed by atoms with Crippen molar-refractivity contribution in [1.29, 1.82) is 5.26 Å². The fourth-order valence-electron chi connectivity index (χ4n) is 2.41. The van der Waals surface area contributed by atoms with Crippen LogP contribution in [0.3, 0.4) is 0 Å². The first-order chi connectivity index (χ1) is 12.9. The highest BCUT2D eigenvalue weighted by Crippen LogP contribution is 2.34. The van der Waals surface area contributed by atoms with Gasteiger partial charge in [-0.2, -0.15) is 10.2 Å². The molecule has 6 nitrogen and oxygen atoms in total. The average Bonchev–Trinajstić information content (AvgIpc) is 2.60. The van der Waals surface area contributed by atoms with Crippen molar-refractivity contribution in [3.05, 3.63) is 65.0 Å². The lowest BCUT2D eigenvalue weighted by Gasteiger charge is -2.13. The van der Waals surface area contributed by atoms with Crippen LogP contribution in [0.4, 0.5) is 24.9 Å². The number of anilines is 2. The van der Waals surface area contributed by atoms with Crippen LogP contribution in [0.15, 0.2) is 36.4 Å². The molecule has 136 valence electrons. The minimum atomic E-state index is -0.804. The maximum atomic E-state index is 13.8. The lowest BCUT2D eigenvalue weighted by Crippen LogP contribution is -2.06. The van der Waals surface area contributed by atoms with Gasteiger partial charge in [0.1, 0.15) is 47.3 Å². The Kier molecular flexibility index (Phi) is 4.81. The normalized spacial score (nSPS) is 10.4. The summed E-state index contributed by atoms with van der Waals surface area (Å²) in [5.41, 5.74) is 11.6. The van der Waals surface area contributed by atoms with Crippen LogP contribution in [0.25, 0.3) is 11.3 Å². The van der Waals surface area contributed by atoms with Gasteiger partial charge in [0.25, 0.3) is 0 Å². The highest BCUT2D eigenvalue weighted by molar-refractivity contribution is 5.77. The zero-order chi connectivity index (χ0) is 19.6. The van der Waals surface area contributed by atoms with Gasteiger partial charge < -0.3 is 16.2 Å². The second-order valence-corrected chi connectivity index (χ2v) is 5.47. The van der Waals surface area contributed by atoms with Gasteiger partial charge in [0.05, 0.1) is 5.69 Å². The number of nitrogen functional groups attached to an aromatic ring is 2. The minimum Gasteiger partial charge on any atom is -0.488 e. The van der Waals surface area contributed by atoms with Gasteiger partial charge in [-0.05, 0) is 24.3 Å². The Morgan fingerprint density at radius 3 is 2.41 bits per heavy atom. The predicted molar refractivity (Wildman–Crippen MR) is 91.7 cm³/mol. The van der Waals surface area contributed by atoms with E-state index in [4.69, 9.17) is 16.2 Å². The van der Waals surface area contributed by atoms with E-state index in [1.165, 1.54) is 12.1 Å². The van der Waals surface area contributed by atoms with Crippen LogP contribution in [0.5, 0.6) is 5.75 Å². The Morgan fingerprint density at radius 2 is 1.70 bits per heavy atom. The molecule has 1 aromatic heterocycles. The van der Waals surface area contributed by atoms with Crippen molar-refractivity contribution >= 4 is 11.8 Å². The quantitative estimate of drug-likeness (QED) is 0.729. The fraction of sp³-hybridized carbons (Fsp3) is 0.0556. The van der Waals surface area contributed by atoms with E-state index in [0.29, 0.717) is 6.07 Å². The molecule has 9 heteroatoms. The summed E-state index contributed by atoms with van der Waals surface area (Å²) < 4.78 is 46.0. The van der Waals surface area contributed by atoms with E-state index in [2.05, 4.69) is 9.97 Å². The zero-order valence-electron chi connectivity index (χ0n) is 13.7. The molecule has 27 heavy (non-hydrogen) atoms. The SMILES string of the molecule is N#Cc1c(N)nc(N)nc1-c1ccc(F)cc1OCc1ccc(F)cc1F. The van der Waals surface area contributed by atoms with Gasteiger partial charge in [0, 0.05) is 23.3 Å². The first-order valence-electron chi connectivity index (χ1n) is 7.58. The van der Waals surface area contributed by atoms with E-state index in [1.54, 1.807) is 0 Å². The van der Waals surface area contributed by atoms with Crippen molar-refractivity contribution in [3.8, 4) is 23.1 Å². The summed E-state index contributed by atoms with van der Waals surface area (Å²) in [5.74, 6) is -2.50. The first kappa shape index (κ1) is 18.0. The number of nitriles is 1.